The summed E-state index contributed by atoms with van der Waals surface area (Å²) < 4.78 is 0. The maximum Gasteiger partial charge on any atom is 0.303 e. The van der Waals surface area contributed by atoms with Crippen LogP contribution in [0.1, 0.15) is 98.3 Å². The molecule has 2 nitrogen and oxygen atoms in total. The van der Waals surface area contributed by atoms with Gasteiger partial charge in [-0.25, -0.2) is 0 Å². The first-order chi connectivity index (χ1) is 12.8. The monoisotopic (exact) mass is 374 g/mol. The average Bonchev–Trinajstić information content (AvgIpc) is 2.99. The summed E-state index contributed by atoms with van der Waals surface area (Å²) >= 11 is 0. The van der Waals surface area contributed by atoms with Crippen molar-refractivity contribution in [3.63, 3.8) is 0 Å². The molecule has 0 heterocycles. The standard InChI is InChI=1S/C25H42O2/c1-16(8-13-23(26)27)20-11-12-21-19-10-9-18-7-5-6-14-24(18,3)22(19)15-17(2)25(20,21)4/h16-22H,5-15H2,1-4H3,(H,26,27)/t16-,17-,18?,19+,20-,21+,22+,24+,25-/m1/s1. The lowest BCUT2D eigenvalue weighted by molar-refractivity contribution is -0.141. The molecule has 0 aliphatic heterocycles. The van der Waals surface area contributed by atoms with E-state index in [1.165, 1.54) is 57.8 Å². The molecule has 1 N–H and O–H groups in total. The van der Waals surface area contributed by atoms with E-state index in [9.17, 15) is 4.79 Å². The number of carboxylic acid groups (broad SMARTS) is 1. The molecule has 0 radical (unpaired) electrons. The van der Waals surface area contributed by atoms with Crippen molar-refractivity contribution in [2.24, 2.45) is 52.3 Å². The normalized spacial score (nSPS) is 50.4. The molecule has 4 fully saturated rings. The highest BCUT2D eigenvalue weighted by Crippen LogP contribution is 2.69. The number of fused-ring (bicyclic) bond motifs is 5. The van der Waals surface area contributed by atoms with Crippen LogP contribution < -0.4 is 0 Å². The summed E-state index contributed by atoms with van der Waals surface area (Å²) in [7, 11) is 0. The average molecular weight is 375 g/mol. The third kappa shape index (κ3) is 2.99. The van der Waals surface area contributed by atoms with E-state index in [2.05, 4.69) is 27.7 Å². The zero-order valence-corrected chi connectivity index (χ0v) is 18.2. The second kappa shape index (κ2) is 7.06. The highest BCUT2D eigenvalue weighted by Gasteiger charge is 2.62. The summed E-state index contributed by atoms with van der Waals surface area (Å²) in [6.07, 6.45) is 14.3. The van der Waals surface area contributed by atoms with Gasteiger partial charge in [0.15, 0.2) is 0 Å². The molecule has 1 unspecified atom stereocenters. The van der Waals surface area contributed by atoms with Gasteiger partial charge in [0.25, 0.3) is 0 Å². The molecule has 4 rings (SSSR count). The van der Waals surface area contributed by atoms with Crippen molar-refractivity contribution >= 4 is 5.97 Å². The van der Waals surface area contributed by atoms with Gasteiger partial charge in [0.1, 0.15) is 0 Å². The molecule has 0 saturated heterocycles. The van der Waals surface area contributed by atoms with Crippen molar-refractivity contribution in [3.05, 3.63) is 0 Å². The van der Waals surface area contributed by atoms with Crippen molar-refractivity contribution in [3.8, 4) is 0 Å². The second-order valence-electron chi connectivity index (χ2n) is 11.5. The third-order valence-electron chi connectivity index (χ3n) is 10.7. The number of rotatable bonds is 4. The van der Waals surface area contributed by atoms with E-state index in [0.717, 1.165) is 41.9 Å². The molecular formula is C25H42O2. The Labute approximate surface area is 166 Å². The van der Waals surface area contributed by atoms with Crippen LogP contribution in [0.3, 0.4) is 0 Å². The molecule has 9 atom stereocenters. The largest absolute Gasteiger partial charge is 0.481 e. The lowest BCUT2D eigenvalue weighted by Gasteiger charge is -2.62. The minimum atomic E-state index is -0.623. The Balaban J connectivity index is 1.57. The predicted octanol–water partition coefficient (Wildman–Crippen LogP) is 6.78. The molecule has 0 aromatic rings. The van der Waals surface area contributed by atoms with Crippen LogP contribution in [0, 0.1) is 52.3 Å². The van der Waals surface area contributed by atoms with E-state index in [4.69, 9.17) is 5.11 Å². The van der Waals surface area contributed by atoms with Crippen LogP contribution in [-0.2, 0) is 4.79 Å². The fourth-order valence-corrected chi connectivity index (χ4v) is 9.15. The van der Waals surface area contributed by atoms with Crippen molar-refractivity contribution in [2.45, 2.75) is 98.3 Å². The molecule has 0 aromatic heterocycles. The molecule has 4 aliphatic carbocycles. The van der Waals surface area contributed by atoms with Crippen molar-refractivity contribution in [1.82, 2.24) is 0 Å². The van der Waals surface area contributed by atoms with Gasteiger partial charge < -0.3 is 5.11 Å². The van der Waals surface area contributed by atoms with Crippen molar-refractivity contribution in [1.29, 1.82) is 0 Å². The van der Waals surface area contributed by atoms with Gasteiger partial charge in [-0.3, -0.25) is 4.79 Å². The van der Waals surface area contributed by atoms with Gasteiger partial charge in [-0.1, -0.05) is 40.5 Å². The van der Waals surface area contributed by atoms with Gasteiger partial charge in [-0.05, 0) is 104 Å². The smallest absolute Gasteiger partial charge is 0.303 e. The molecule has 4 aliphatic rings. The number of aliphatic carboxylic acids is 1. The van der Waals surface area contributed by atoms with Crippen molar-refractivity contribution in [2.75, 3.05) is 0 Å². The minimum Gasteiger partial charge on any atom is -0.481 e. The lowest BCUT2D eigenvalue weighted by Crippen LogP contribution is -2.55. The molecule has 0 bridgehead atoms. The minimum absolute atomic E-state index is 0.346. The maximum atomic E-state index is 11.1. The van der Waals surface area contributed by atoms with E-state index in [-0.39, 0.29) is 0 Å². The molecular weight excluding hydrogens is 332 g/mol. The van der Waals surface area contributed by atoms with Crippen LogP contribution >= 0.6 is 0 Å². The Hall–Kier alpha value is -0.530. The highest BCUT2D eigenvalue weighted by atomic mass is 16.4. The van der Waals surface area contributed by atoms with Crippen molar-refractivity contribution < 1.29 is 9.90 Å². The summed E-state index contributed by atoms with van der Waals surface area (Å²) in [5, 5.41) is 9.15. The highest BCUT2D eigenvalue weighted by molar-refractivity contribution is 5.66. The maximum absolute atomic E-state index is 11.1. The van der Waals surface area contributed by atoms with Gasteiger partial charge in [-0.15, -0.1) is 0 Å². The zero-order valence-electron chi connectivity index (χ0n) is 18.2. The second-order valence-corrected chi connectivity index (χ2v) is 11.5. The van der Waals surface area contributed by atoms with E-state index in [1.54, 1.807) is 0 Å². The van der Waals surface area contributed by atoms with E-state index >= 15 is 0 Å². The first-order valence-electron chi connectivity index (χ1n) is 12.0. The van der Waals surface area contributed by atoms with E-state index < -0.39 is 5.97 Å². The van der Waals surface area contributed by atoms with E-state index in [1.807, 2.05) is 0 Å². The number of hydrogen-bond acceptors (Lipinski definition) is 1. The SMILES string of the molecule is C[C@H](CCC(=O)O)[C@H]1CC[C@H]2[C@@H]3CCC4CCCC[C@]4(C)[C@H]3C[C@@H](C)[C@]12C. The Morgan fingerprint density at radius 1 is 1.07 bits per heavy atom. The molecule has 2 heteroatoms. The van der Waals surface area contributed by atoms with E-state index in [0.29, 0.717) is 23.2 Å². The van der Waals surface area contributed by atoms with Gasteiger partial charge in [0.05, 0.1) is 0 Å². The first kappa shape index (κ1) is 19.8. The summed E-state index contributed by atoms with van der Waals surface area (Å²) in [6.45, 7) is 10.2. The molecule has 0 spiro atoms. The lowest BCUT2D eigenvalue weighted by atomic mass is 9.42. The summed E-state index contributed by atoms with van der Waals surface area (Å²) in [6, 6.07) is 0. The van der Waals surface area contributed by atoms with Crippen LogP contribution in [-0.4, -0.2) is 11.1 Å². The zero-order chi connectivity index (χ0) is 19.4. The summed E-state index contributed by atoms with van der Waals surface area (Å²) in [4.78, 5) is 11.1. The first-order valence-corrected chi connectivity index (χ1v) is 12.0. The Morgan fingerprint density at radius 3 is 2.59 bits per heavy atom. The molecule has 4 saturated carbocycles. The van der Waals surface area contributed by atoms with Crippen LogP contribution in [0.5, 0.6) is 0 Å². The van der Waals surface area contributed by atoms with Crippen LogP contribution in [0.2, 0.25) is 0 Å². The fraction of sp³-hybridized carbons (Fsp3) is 0.960. The topological polar surface area (TPSA) is 37.3 Å². The van der Waals surface area contributed by atoms with Crippen LogP contribution in [0.15, 0.2) is 0 Å². The number of hydrogen-bond donors (Lipinski definition) is 1. The quantitative estimate of drug-likeness (QED) is 0.588. The predicted molar refractivity (Wildman–Crippen MR) is 110 cm³/mol. The van der Waals surface area contributed by atoms with Gasteiger partial charge in [-0.2, -0.15) is 0 Å². The number of carboxylic acids is 1. The molecule has 0 aromatic carbocycles. The molecule has 0 amide bonds. The fourth-order valence-electron chi connectivity index (χ4n) is 9.15. The Bertz CT molecular complexity index is 571. The van der Waals surface area contributed by atoms with Gasteiger partial charge in [0.2, 0.25) is 0 Å². The Morgan fingerprint density at radius 2 is 1.85 bits per heavy atom. The molecule has 27 heavy (non-hydrogen) atoms. The summed E-state index contributed by atoms with van der Waals surface area (Å²) in [5.74, 6) is 5.24. The van der Waals surface area contributed by atoms with Gasteiger partial charge in [0, 0.05) is 6.42 Å². The van der Waals surface area contributed by atoms with Gasteiger partial charge >= 0.3 is 5.97 Å². The summed E-state index contributed by atoms with van der Waals surface area (Å²) in [5.41, 5.74) is 1.06. The Kier molecular flexibility index (Phi) is 5.17. The van der Waals surface area contributed by atoms with Crippen LogP contribution in [0.25, 0.3) is 0 Å². The molecule has 154 valence electrons. The van der Waals surface area contributed by atoms with Crippen LogP contribution in [0.4, 0.5) is 0 Å². The third-order valence-corrected chi connectivity index (χ3v) is 10.7. The number of carbonyl (C=O) groups is 1.